The van der Waals surface area contributed by atoms with Gasteiger partial charge in [0.2, 0.25) is 5.91 Å². The molecule has 1 aliphatic heterocycles. The third-order valence-electron chi connectivity index (χ3n) is 2.85. The first kappa shape index (κ1) is 12.5. The summed E-state index contributed by atoms with van der Waals surface area (Å²) in [7, 11) is 1.55. The molecule has 1 aromatic rings. The maximum absolute atomic E-state index is 11.9. The second-order valence-electron chi connectivity index (χ2n) is 3.91. The van der Waals surface area contributed by atoms with E-state index in [1.165, 1.54) is 0 Å². The van der Waals surface area contributed by atoms with Gasteiger partial charge in [-0.2, -0.15) is 0 Å². The molecule has 0 radical (unpaired) electrons. The third-order valence-corrected chi connectivity index (χ3v) is 3.64. The molecule has 1 aromatic carbocycles. The zero-order chi connectivity index (χ0) is 12.4. The number of anilines is 1. The van der Waals surface area contributed by atoms with Crippen molar-refractivity contribution in [2.24, 2.45) is 0 Å². The maximum Gasteiger partial charge on any atom is 0.227 e. The molecule has 1 heterocycles. The monoisotopic (exact) mass is 273 g/mol. The quantitative estimate of drug-likeness (QED) is 0.825. The summed E-state index contributed by atoms with van der Waals surface area (Å²) < 4.78 is 5.25. The van der Waals surface area contributed by atoms with E-state index in [9.17, 15) is 4.79 Å². The molecule has 92 valence electrons. The topological polar surface area (TPSA) is 29.5 Å². The smallest absolute Gasteiger partial charge is 0.227 e. The van der Waals surface area contributed by atoms with Crippen LogP contribution in [0.2, 0.25) is 10.0 Å². The van der Waals surface area contributed by atoms with Crippen LogP contribution in [-0.2, 0) is 4.79 Å². The van der Waals surface area contributed by atoms with Gasteiger partial charge in [-0.3, -0.25) is 4.79 Å². The normalized spacial score (nSPS) is 16.2. The number of carbonyl (C=O) groups is 1. The molecule has 0 spiro atoms. The lowest BCUT2D eigenvalue weighted by atomic mass is 10.1. The van der Waals surface area contributed by atoms with Crippen molar-refractivity contribution >= 4 is 34.8 Å². The Bertz CT molecular complexity index is 448. The fourth-order valence-electron chi connectivity index (χ4n) is 1.98. The highest BCUT2D eigenvalue weighted by Crippen LogP contribution is 2.41. The van der Waals surface area contributed by atoms with Crippen molar-refractivity contribution < 1.29 is 9.53 Å². The molecule has 17 heavy (non-hydrogen) atoms. The van der Waals surface area contributed by atoms with Crippen LogP contribution in [0.15, 0.2) is 12.1 Å². The van der Waals surface area contributed by atoms with Gasteiger partial charge < -0.3 is 9.64 Å². The van der Waals surface area contributed by atoms with E-state index >= 15 is 0 Å². The first-order valence-electron chi connectivity index (χ1n) is 5.47. The first-order chi connectivity index (χ1) is 8.15. The van der Waals surface area contributed by atoms with Gasteiger partial charge in [0.15, 0.2) is 0 Å². The number of piperidine rings is 1. The predicted octanol–water partition coefficient (Wildman–Crippen LogP) is 3.52. The van der Waals surface area contributed by atoms with Crippen LogP contribution in [0.3, 0.4) is 0 Å². The van der Waals surface area contributed by atoms with E-state index in [0.717, 1.165) is 12.8 Å². The van der Waals surface area contributed by atoms with Crippen molar-refractivity contribution in [2.45, 2.75) is 19.3 Å². The number of amides is 1. The zero-order valence-corrected chi connectivity index (χ0v) is 11.0. The minimum absolute atomic E-state index is 0.0683. The van der Waals surface area contributed by atoms with Gasteiger partial charge in [-0.15, -0.1) is 0 Å². The van der Waals surface area contributed by atoms with Gasteiger partial charge in [-0.05, 0) is 25.0 Å². The van der Waals surface area contributed by atoms with E-state index in [-0.39, 0.29) is 5.91 Å². The van der Waals surface area contributed by atoms with Gasteiger partial charge in [0, 0.05) is 13.0 Å². The second kappa shape index (κ2) is 5.15. The molecule has 2 rings (SSSR count). The molecule has 5 heteroatoms. The summed E-state index contributed by atoms with van der Waals surface area (Å²) in [4.78, 5) is 13.6. The number of hydrogen-bond donors (Lipinski definition) is 0. The molecule has 0 atom stereocenters. The molecule has 1 fully saturated rings. The van der Waals surface area contributed by atoms with Crippen LogP contribution in [-0.4, -0.2) is 19.6 Å². The van der Waals surface area contributed by atoms with Crippen LogP contribution < -0.4 is 9.64 Å². The Hall–Kier alpha value is -0.930. The lowest BCUT2D eigenvalue weighted by Gasteiger charge is -2.29. The van der Waals surface area contributed by atoms with Crippen LogP contribution in [0.5, 0.6) is 5.75 Å². The Balaban J connectivity index is 2.48. The summed E-state index contributed by atoms with van der Waals surface area (Å²) in [5.41, 5.74) is 0.589. The molecule has 0 saturated carbocycles. The molecular weight excluding hydrogens is 261 g/mol. The van der Waals surface area contributed by atoms with Gasteiger partial charge in [0.25, 0.3) is 0 Å². The van der Waals surface area contributed by atoms with E-state index < -0.39 is 0 Å². The van der Waals surface area contributed by atoms with E-state index in [2.05, 4.69) is 0 Å². The highest BCUT2D eigenvalue weighted by atomic mass is 35.5. The fraction of sp³-hybridized carbons (Fsp3) is 0.417. The number of benzene rings is 1. The Labute approximate surface area is 110 Å². The summed E-state index contributed by atoms with van der Waals surface area (Å²) in [6.07, 6.45) is 2.44. The van der Waals surface area contributed by atoms with Crippen LogP contribution in [0.4, 0.5) is 5.69 Å². The van der Waals surface area contributed by atoms with E-state index in [4.69, 9.17) is 27.9 Å². The van der Waals surface area contributed by atoms with Crippen molar-refractivity contribution in [3.05, 3.63) is 22.2 Å². The van der Waals surface area contributed by atoms with E-state index in [0.29, 0.717) is 34.4 Å². The van der Waals surface area contributed by atoms with Crippen molar-refractivity contribution in [1.82, 2.24) is 0 Å². The summed E-state index contributed by atoms with van der Waals surface area (Å²) in [6.45, 7) is 0.662. The molecule has 1 aliphatic rings. The van der Waals surface area contributed by atoms with E-state index in [1.807, 2.05) is 0 Å². The molecule has 1 saturated heterocycles. The van der Waals surface area contributed by atoms with Crippen LogP contribution in [0.25, 0.3) is 0 Å². The van der Waals surface area contributed by atoms with Crippen LogP contribution in [0.1, 0.15) is 19.3 Å². The number of carbonyl (C=O) groups excluding carboxylic acids is 1. The molecule has 0 unspecified atom stereocenters. The SMILES string of the molecule is COc1ccc(Cl)c(Cl)c1N1CCCCC1=O. The average Bonchev–Trinajstić information content (AvgIpc) is 2.34. The molecule has 1 amide bonds. The highest BCUT2D eigenvalue weighted by molar-refractivity contribution is 6.44. The third kappa shape index (κ3) is 2.35. The number of methoxy groups -OCH3 is 1. The Kier molecular flexibility index (Phi) is 3.79. The lowest BCUT2D eigenvalue weighted by molar-refractivity contribution is -0.119. The number of hydrogen-bond acceptors (Lipinski definition) is 2. The van der Waals surface area contributed by atoms with Gasteiger partial charge in [0.05, 0.1) is 17.2 Å². The van der Waals surface area contributed by atoms with Gasteiger partial charge >= 0.3 is 0 Å². The maximum atomic E-state index is 11.9. The molecule has 0 N–H and O–H groups in total. The predicted molar refractivity (Wildman–Crippen MR) is 69.2 cm³/mol. The minimum atomic E-state index is 0.0683. The number of halogens is 2. The molecular formula is C12H13Cl2NO2. The molecule has 0 bridgehead atoms. The Morgan fingerprint density at radius 2 is 2.06 bits per heavy atom. The summed E-state index contributed by atoms with van der Waals surface area (Å²) in [5, 5.41) is 0.808. The minimum Gasteiger partial charge on any atom is -0.495 e. The first-order valence-corrected chi connectivity index (χ1v) is 6.23. The number of rotatable bonds is 2. The highest BCUT2D eigenvalue weighted by Gasteiger charge is 2.25. The van der Waals surface area contributed by atoms with Crippen molar-refractivity contribution in [2.75, 3.05) is 18.6 Å². The molecule has 0 aliphatic carbocycles. The van der Waals surface area contributed by atoms with Crippen molar-refractivity contribution in [3.63, 3.8) is 0 Å². The fourth-order valence-corrected chi connectivity index (χ4v) is 2.39. The van der Waals surface area contributed by atoms with Gasteiger partial charge in [-0.1, -0.05) is 23.2 Å². The summed E-state index contributed by atoms with van der Waals surface area (Å²) in [6, 6.07) is 3.39. The Morgan fingerprint density at radius 3 is 2.71 bits per heavy atom. The number of ether oxygens (including phenoxy) is 1. The largest absolute Gasteiger partial charge is 0.495 e. The van der Waals surface area contributed by atoms with Gasteiger partial charge in [0.1, 0.15) is 11.4 Å². The Morgan fingerprint density at radius 1 is 1.29 bits per heavy atom. The number of nitrogens with zero attached hydrogens (tertiary/aromatic N) is 1. The molecule has 3 nitrogen and oxygen atoms in total. The standard InChI is InChI=1S/C12H13Cl2NO2/c1-17-9-6-5-8(13)11(14)12(9)15-7-3-2-4-10(15)16/h5-6H,2-4,7H2,1H3. The van der Waals surface area contributed by atoms with E-state index in [1.54, 1.807) is 24.1 Å². The lowest BCUT2D eigenvalue weighted by Crippen LogP contribution is -2.35. The van der Waals surface area contributed by atoms with Crippen LogP contribution in [0, 0.1) is 0 Å². The second-order valence-corrected chi connectivity index (χ2v) is 4.70. The van der Waals surface area contributed by atoms with Crippen molar-refractivity contribution in [1.29, 1.82) is 0 Å². The summed E-state index contributed by atoms with van der Waals surface area (Å²) >= 11 is 12.2. The van der Waals surface area contributed by atoms with Gasteiger partial charge in [-0.25, -0.2) is 0 Å². The average molecular weight is 274 g/mol. The zero-order valence-electron chi connectivity index (χ0n) is 9.50. The van der Waals surface area contributed by atoms with Crippen LogP contribution >= 0.6 is 23.2 Å². The van der Waals surface area contributed by atoms with Crippen molar-refractivity contribution in [3.8, 4) is 5.75 Å². The molecule has 0 aromatic heterocycles. The summed E-state index contributed by atoms with van der Waals surface area (Å²) in [5.74, 6) is 0.647.